The lowest BCUT2D eigenvalue weighted by atomic mass is 10.0. The summed E-state index contributed by atoms with van der Waals surface area (Å²) in [6.45, 7) is 12.9. The maximum Gasteiger partial charge on any atom is 0.253 e. The second kappa shape index (κ2) is 13.1. The van der Waals surface area contributed by atoms with Gasteiger partial charge in [-0.25, -0.2) is 0 Å². The molecule has 164 valence electrons. The number of piperidine rings is 1. The molecular formula is C22H38IN5O. The monoisotopic (exact) mass is 515 g/mol. The number of amides is 1. The number of benzene rings is 1. The molecule has 1 aliphatic rings. The summed E-state index contributed by atoms with van der Waals surface area (Å²) in [4.78, 5) is 21.1. The van der Waals surface area contributed by atoms with Crippen LogP contribution in [-0.2, 0) is 6.54 Å². The van der Waals surface area contributed by atoms with Gasteiger partial charge in [0.2, 0.25) is 0 Å². The van der Waals surface area contributed by atoms with Crippen LogP contribution in [0, 0.1) is 0 Å². The molecule has 1 aromatic carbocycles. The van der Waals surface area contributed by atoms with E-state index >= 15 is 0 Å². The fourth-order valence-electron chi connectivity index (χ4n) is 3.59. The highest BCUT2D eigenvalue weighted by Crippen LogP contribution is 2.13. The molecule has 29 heavy (non-hydrogen) atoms. The quantitative estimate of drug-likeness (QED) is 0.333. The second-order valence-corrected chi connectivity index (χ2v) is 7.65. The van der Waals surface area contributed by atoms with Gasteiger partial charge in [0, 0.05) is 57.4 Å². The molecule has 1 fully saturated rings. The number of hydrogen-bond acceptors (Lipinski definition) is 3. The normalized spacial score (nSPS) is 15.7. The molecule has 1 aromatic rings. The van der Waals surface area contributed by atoms with Crippen molar-refractivity contribution in [3.8, 4) is 0 Å². The lowest BCUT2D eigenvalue weighted by molar-refractivity contribution is 0.0773. The molecule has 6 nitrogen and oxygen atoms in total. The average Bonchev–Trinajstić information content (AvgIpc) is 2.72. The van der Waals surface area contributed by atoms with E-state index in [1.807, 2.05) is 50.1 Å². The van der Waals surface area contributed by atoms with E-state index in [1.54, 1.807) is 0 Å². The number of aliphatic imine (C=N–C) groups is 1. The van der Waals surface area contributed by atoms with Crippen LogP contribution in [0.25, 0.3) is 0 Å². The van der Waals surface area contributed by atoms with E-state index in [2.05, 4.69) is 34.4 Å². The molecule has 0 atom stereocenters. The Morgan fingerprint density at radius 2 is 1.76 bits per heavy atom. The topological polar surface area (TPSA) is 60.0 Å². The van der Waals surface area contributed by atoms with E-state index in [0.29, 0.717) is 18.6 Å². The van der Waals surface area contributed by atoms with Gasteiger partial charge in [-0.3, -0.25) is 9.79 Å². The smallest absolute Gasteiger partial charge is 0.253 e. The van der Waals surface area contributed by atoms with Crippen LogP contribution < -0.4 is 10.6 Å². The fourth-order valence-corrected chi connectivity index (χ4v) is 3.59. The minimum atomic E-state index is 0. The highest BCUT2D eigenvalue weighted by atomic mass is 127. The van der Waals surface area contributed by atoms with Crippen molar-refractivity contribution < 1.29 is 4.79 Å². The molecule has 1 amide bonds. The van der Waals surface area contributed by atoms with Crippen molar-refractivity contribution in [2.24, 2.45) is 4.99 Å². The third-order valence-electron chi connectivity index (χ3n) is 5.54. The summed E-state index contributed by atoms with van der Waals surface area (Å²) >= 11 is 0. The highest BCUT2D eigenvalue weighted by molar-refractivity contribution is 14.0. The van der Waals surface area contributed by atoms with Crippen molar-refractivity contribution in [1.82, 2.24) is 20.4 Å². The van der Waals surface area contributed by atoms with Crippen LogP contribution >= 0.6 is 24.0 Å². The summed E-state index contributed by atoms with van der Waals surface area (Å²) in [5, 5.41) is 6.94. The predicted molar refractivity (Wildman–Crippen MR) is 132 cm³/mol. The van der Waals surface area contributed by atoms with Crippen LogP contribution in [0.4, 0.5) is 0 Å². The van der Waals surface area contributed by atoms with Gasteiger partial charge in [-0.05, 0) is 58.2 Å². The van der Waals surface area contributed by atoms with Gasteiger partial charge in [0.05, 0.1) is 0 Å². The van der Waals surface area contributed by atoms with Crippen molar-refractivity contribution in [3.05, 3.63) is 35.4 Å². The van der Waals surface area contributed by atoms with Crippen molar-refractivity contribution in [1.29, 1.82) is 0 Å². The Morgan fingerprint density at radius 1 is 1.17 bits per heavy atom. The van der Waals surface area contributed by atoms with Gasteiger partial charge in [-0.2, -0.15) is 0 Å². The zero-order valence-corrected chi connectivity index (χ0v) is 20.9. The van der Waals surface area contributed by atoms with Gasteiger partial charge in [-0.15, -0.1) is 24.0 Å². The molecule has 1 saturated heterocycles. The molecule has 0 unspecified atom stereocenters. The number of guanidine groups is 1. The average molecular weight is 515 g/mol. The first-order valence-electron chi connectivity index (χ1n) is 10.6. The van der Waals surface area contributed by atoms with Crippen molar-refractivity contribution in [2.45, 2.75) is 59.2 Å². The van der Waals surface area contributed by atoms with E-state index < -0.39 is 0 Å². The molecule has 0 radical (unpaired) electrons. The first-order chi connectivity index (χ1) is 13.5. The first kappa shape index (κ1) is 25.7. The number of nitrogens with one attached hydrogen (secondary N) is 2. The minimum absolute atomic E-state index is 0. The van der Waals surface area contributed by atoms with E-state index in [4.69, 9.17) is 0 Å². The largest absolute Gasteiger partial charge is 0.354 e. The molecule has 1 heterocycles. The van der Waals surface area contributed by atoms with E-state index in [0.717, 1.165) is 56.1 Å². The molecule has 2 N–H and O–H groups in total. The predicted octanol–water partition coefficient (Wildman–Crippen LogP) is 3.32. The van der Waals surface area contributed by atoms with Gasteiger partial charge >= 0.3 is 0 Å². The van der Waals surface area contributed by atoms with Crippen molar-refractivity contribution in [3.63, 3.8) is 0 Å². The number of nitrogens with zero attached hydrogens (tertiary/aromatic N) is 3. The standard InChI is InChI=1S/C22H37N5O.HI/c1-6-26(7-2)21(28)19-10-8-18(9-11-19)16-24-22(23-5)25-20-12-14-27(15-13-20)17(3)4;/h8-11,17,20H,6-7,12-16H2,1-5H3,(H2,23,24,25);1H. The Bertz CT molecular complexity index is 635. The van der Waals surface area contributed by atoms with Crippen LogP contribution in [0.5, 0.6) is 0 Å². The van der Waals surface area contributed by atoms with Gasteiger partial charge in [-0.1, -0.05) is 12.1 Å². The van der Waals surface area contributed by atoms with Gasteiger partial charge < -0.3 is 20.4 Å². The van der Waals surface area contributed by atoms with Gasteiger partial charge in [0.15, 0.2) is 5.96 Å². The summed E-state index contributed by atoms with van der Waals surface area (Å²) < 4.78 is 0. The molecule has 2 rings (SSSR count). The first-order valence-corrected chi connectivity index (χ1v) is 10.6. The summed E-state index contributed by atoms with van der Waals surface area (Å²) in [6, 6.07) is 8.94. The van der Waals surface area contributed by atoms with Crippen molar-refractivity contribution >= 4 is 35.8 Å². The Hall–Kier alpha value is -1.35. The van der Waals surface area contributed by atoms with Crippen LogP contribution in [-0.4, -0.2) is 67.0 Å². The van der Waals surface area contributed by atoms with E-state index in [1.165, 1.54) is 0 Å². The van der Waals surface area contributed by atoms with Crippen LogP contribution in [0.15, 0.2) is 29.3 Å². The fraction of sp³-hybridized carbons (Fsp3) is 0.636. The summed E-state index contributed by atoms with van der Waals surface area (Å²) in [5.41, 5.74) is 1.88. The number of hydrogen-bond donors (Lipinski definition) is 2. The summed E-state index contributed by atoms with van der Waals surface area (Å²) in [7, 11) is 1.81. The third kappa shape index (κ3) is 7.77. The van der Waals surface area contributed by atoms with Gasteiger partial charge in [0.25, 0.3) is 5.91 Å². The molecule has 0 spiro atoms. The molecule has 0 aliphatic carbocycles. The Morgan fingerprint density at radius 3 is 2.24 bits per heavy atom. The minimum Gasteiger partial charge on any atom is -0.354 e. The maximum atomic E-state index is 12.4. The summed E-state index contributed by atoms with van der Waals surface area (Å²) in [5.74, 6) is 0.931. The van der Waals surface area contributed by atoms with Gasteiger partial charge in [0.1, 0.15) is 0 Å². The number of likely N-dealkylation sites (tertiary alicyclic amines) is 1. The van der Waals surface area contributed by atoms with E-state index in [-0.39, 0.29) is 29.9 Å². The maximum absolute atomic E-state index is 12.4. The number of rotatable bonds is 7. The van der Waals surface area contributed by atoms with Crippen molar-refractivity contribution in [2.75, 3.05) is 33.2 Å². The Labute approximate surface area is 193 Å². The Kier molecular flexibility index (Phi) is 11.6. The highest BCUT2D eigenvalue weighted by Gasteiger charge is 2.21. The number of halogens is 1. The van der Waals surface area contributed by atoms with Crippen LogP contribution in [0.3, 0.4) is 0 Å². The van der Waals surface area contributed by atoms with E-state index in [9.17, 15) is 4.79 Å². The lowest BCUT2D eigenvalue weighted by Gasteiger charge is -2.35. The number of carbonyl (C=O) groups excluding carboxylic acids is 1. The second-order valence-electron chi connectivity index (χ2n) is 7.65. The molecule has 0 bridgehead atoms. The SMILES string of the molecule is CCN(CC)C(=O)c1ccc(CNC(=NC)NC2CCN(C(C)C)CC2)cc1.I. The zero-order chi connectivity index (χ0) is 20.5. The summed E-state index contributed by atoms with van der Waals surface area (Å²) in [6.07, 6.45) is 2.28. The zero-order valence-electron chi connectivity index (χ0n) is 18.6. The Balaban J connectivity index is 0.00000420. The van der Waals surface area contributed by atoms with Crippen LogP contribution in [0.1, 0.15) is 56.5 Å². The molecule has 1 aliphatic heterocycles. The van der Waals surface area contributed by atoms with Crippen LogP contribution in [0.2, 0.25) is 0 Å². The lowest BCUT2D eigenvalue weighted by Crippen LogP contribution is -2.49. The molecule has 7 heteroatoms. The molecular weight excluding hydrogens is 477 g/mol. The molecule has 0 aromatic heterocycles. The third-order valence-corrected chi connectivity index (χ3v) is 5.54. The molecule has 0 saturated carbocycles. The number of carbonyl (C=O) groups is 1.